The first kappa shape index (κ1) is 20.1. The molecule has 0 heterocycles. The number of ether oxygens (including phenoxy) is 2. The number of hydrogen-bond acceptors (Lipinski definition) is 5. The molecule has 1 rings (SSSR count). The summed E-state index contributed by atoms with van der Waals surface area (Å²) in [5.74, 6) is -0.566. The normalized spacial score (nSPS) is 18.8. The highest BCUT2D eigenvalue weighted by Gasteiger charge is 2.41. The molecule has 0 bridgehead atoms. The van der Waals surface area contributed by atoms with Gasteiger partial charge in [-0.05, 0) is 12.8 Å². The molecule has 1 atom stereocenters. The number of halogens is 1. The summed E-state index contributed by atoms with van der Waals surface area (Å²) in [7, 11) is 2.88. The van der Waals surface area contributed by atoms with Crippen LogP contribution in [0, 0.1) is 0 Å². The standard InChI is InChI=1S/C14H26N2O4.ClH/c1-19-11(10-15)9-12(17)16-14(13(18)20-2)7-5-3-4-6-8-14;/h11H,3-10,15H2,1-2H3,(H,16,17);1H. The van der Waals surface area contributed by atoms with E-state index in [2.05, 4.69) is 5.32 Å². The molecule has 124 valence electrons. The van der Waals surface area contributed by atoms with Crippen LogP contribution in [0.1, 0.15) is 44.9 Å². The molecule has 21 heavy (non-hydrogen) atoms. The lowest BCUT2D eigenvalue weighted by molar-refractivity contribution is -0.152. The number of carbonyl (C=O) groups is 2. The Morgan fingerprint density at radius 2 is 1.76 bits per heavy atom. The summed E-state index contributed by atoms with van der Waals surface area (Å²) in [5.41, 5.74) is 4.63. The van der Waals surface area contributed by atoms with E-state index in [0.717, 1.165) is 25.7 Å². The monoisotopic (exact) mass is 322 g/mol. The molecule has 0 aromatic carbocycles. The predicted molar refractivity (Wildman–Crippen MR) is 82.3 cm³/mol. The van der Waals surface area contributed by atoms with Gasteiger partial charge >= 0.3 is 5.97 Å². The van der Waals surface area contributed by atoms with Crippen molar-refractivity contribution < 1.29 is 19.1 Å². The maximum Gasteiger partial charge on any atom is 0.331 e. The van der Waals surface area contributed by atoms with Crippen molar-refractivity contribution in [3.05, 3.63) is 0 Å². The fourth-order valence-corrected chi connectivity index (χ4v) is 2.70. The third-order valence-electron chi connectivity index (χ3n) is 3.92. The second-order valence-corrected chi connectivity index (χ2v) is 5.33. The Bertz CT molecular complexity index is 327. The minimum absolute atomic E-state index is 0. The molecule has 1 fully saturated rings. The Hall–Kier alpha value is -0.850. The number of amides is 1. The van der Waals surface area contributed by atoms with E-state index in [-0.39, 0.29) is 43.4 Å². The molecule has 0 aromatic rings. The molecule has 1 saturated carbocycles. The minimum atomic E-state index is -0.880. The maximum atomic E-state index is 12.1. The summed E-state index contributed by atoms with van der Waals surface area (Å²) >= 11 is 0. The van der Waals surface area contributed by atoms with Crippen LogP contribution >= 0.6 is 12.4 Å². The predicted octanol–water partition coefficient (Wildman–Crippen LogP) is 1.15. The van der Waals surface area contributed by atoms with Gasteiger partial charge in [-0.1, -0.05) is 25.7 Å². The molecule has 1 aliphatic rings. The molecule has 1 aliphatic carbocycles. The molecule has 1 unspecified atom stereocenters. The van der Waals surface area contributed by atoms with E-state index in [0.29, 0.717) is 12.8 Å². The summed E-state index contributed by atoms with van der Waals surface area (Å²) < 4.78 is 10.00. The molecule has 0 aliphatic heterocycles. The number of rotatable bonds is 6. The number of methoxy groups -OCH3 is 2. The van der Waals surface area contributed by atoms with E-state index in [1.807, 2.05) is 0 Å². The first-order valence-corrected chi connectivity index (χ1v) is 7.20. The van der Waals surface area contributed by atoms with Crippen LogP contribution in [0.3, 0.4) is 0 Å². The Kier molecular flexibility index (Phi) is 9.57. The summed E-state index contributed by atoms with van der Waals surface area (Å²) in [4.78, 5) is 24.2. The number of esters is 1. The van der Waals surface area contributed by atoms with E-state index in [1.54, 1.807) is 0 Å². The third-order valence-corrected chi connectivity index (χ3v) is 3.92. The molecular formula is C14H27ClN2O4. The van der Waals surface area contributed by atoms with Gasteiger partial charge in [-0.15, -0.1) is 12.4 Å². The van der Waals surface area contributed by atoms with E-state index < -0.39 is 5.54 Å². The first-order chi connectivity index (χ1) is 9.57. The van der Waals surface area contributed by atoms with E-state index >= 15 is 0 Å². The van der Waals surface area contributed by atoms with Gasteiger partial charge in [-0.2, -0.15) is 0 Å². The van der Waals surface area contributed by atoms with Gasteiger partial charge in [0.2, 0.25) is 5.91 Å². The van der Waals surface area contributed by atoms with Crippen LogP contribution in [0.15, 0.2) is 0 Å². The first-order valence-electron chi connectivity index (χ1n) is 7.20. The molecule has 3 N–H and O–H groups in total. The number of nitrogens with two attached hydrogens (primary N) is 1. The van der Waals surface area contributed by atoms with Crippen molar-refractivity contribution in [2.45, 2.75) is 56.6 Å². The molecule has 6 nitrogen and oxygen atoms in total. The Labute approximate surface area is 132 Å². The average molecular weight is 323 g/mol. The number of hydrogen-bond donors (Lipinski definition) is 2. The van der Waals surface area contributed by atoms with Crippen molar-refractivity contribution in [3.8, 4) is 0 Å². The highest BCUT2D eigenvalue weighted by molar-refractivity contribution is 5.88. The smallest absolute Gasteiger partial charge is 0.331 e. The summed E-state index contributed by atoms with van der Waals surface area (Å²) in [5, 5.41) is 2.87. The zero-order valence-corrected chi connectivity index (χ0v) is 13.7. The fourth-order valence-electron chi connectivity index (χ4n) is 2.70. The lowest BCUT2D eigenvalue weighted by Crippen LogP contribution is -2.55. The summed E-state index contributed by atoms with van der Waals surface area (Å²) in [6.07, 6.45) is 5.09. The summed E-state index contributed by atoms with van der Waals surface area (Å²) in [6, 6.07) is 0. The van der Waals surface area contributed by atoms with Crippen molar-refractivity contribution in [2.75, 3.05) is 20.8 Å². The fraction of sp³-hybridized carbons (Fsp3) is 0.857. The summed E-state index contributed by atoms with van der Waals surface area (Å²) in [6.45, 7) is 0.273. The van der Waals surface area contributed by atoms with Crippen LogP contribution < -0.4 is 11.1 Å². The van der Waals surface area contributed by atoms with Crippen molar-refractivity contribution >= 4 is 24.3 Å². The second kappa shape index (κ2) is 9.97. The van der Waals surface area contributed by atoms with Crippen LogP contribution in [-0.2, 0) is 19.1 Å². The molecule has 0 aromatic heterocycles. The van der Waals surface area contributed by atoms with Gasteiger partial charge in [-0.25, -0.2) is 4.79 Å². The van der Waals surface area contributed by atoms with Gasteiger partial charge in [0.1, 0.15) is 5.54 Å². The van der Waals surface area contributed by atoms with Crippen LogP contribution in [0.25, 0.3) is 0 Å². The van der Waals surface area contributed by atoms with Crippen molar-refractivity contribution in [2.24, 2.45) is 5.73 Å². The lowest BCUT2D eigenvalue weighted by Gasteiger charge is -2.31. The molecule has 0 saturated heterocycles. The number of carbonyl (C=O) groups excluding carboxylic acids is 2. The SMILES string of the molecule is COC(=O)C1(NC(=O)CC(CN)OC)CCCCCC1.Cl. The van der Waals surface area contributed by atoms with Gasteiger partial charge < -0.3 is 20.5 Å². The Balaban J connectivity index is 0.00000400. The van der Waals surface area contributed by atoms with Crippen molar-refractivity contribution in [1.82, 2.24) is 5.32 Å². The van der Waals surface area contributed by atoms with E-state index in [1.165, 1.54) is 14.2 Å². The molecular weight excluding hydrogens is 296 g/mol. The zero-order valence-electron chi connectivity index (χ0n) is 12.9. The highest BCUT2D eigenvalue weighted by Crippen LogP contribution is 2.28. The van der Waals surface area contributed by atoms with Gasteiger partial charge in [-0.3, -0.25) is 4.79 Å². The second-order valence-electron chi connectivity index (χ2n) is 5.33. The minimum Gasteiger partial charge on any atom is -0.467 e. The molecule has 7 heteroatoms. The van der Waals surface area contributed by atoms with E-state index in [9.17, 15) is 9.59 Å². The van der Waals surface area contributed by atoms with Gasteiger partial charge in [0.05, 0.1) is 19.6 Å². The number of nitrogens with one attached hydrogen (secondary N) is 1. The Morgan fingerprint density at radius 3 is 2.19 bits per heavy atom. The third kappa shape index (κ3) is 5.80. The van der Waals surface area contributed by atoms with Crippen LogP contribution in [0.2, 0.25) is 0 Å². The van der Waals surface area contributed by atoms with Gasteiger partial charge in [0, 0.05) is 13.7 Å². The zero-order chi connectivity index (χ0) is 15.0. The van der Waals surface area contributed by atoms with E-state index in [4.69, 9.17) is 15.2 Å². The molecule has 0 radical (unpaired) electrons. The highest BCUT2D eigenvalue weighted by atomic mass is 35.5. The quantitative estimate of drug-likeness (QED) is 0.565. The maximum absolute atomic E-state index is 12.1. The lowest BCUT2D eigenvalue weighted by atomic mass is 9.89. The topological polar surface area (TPSA) is 90.7 Å². The Morgan fingerprint density at radius 1 is 1.19 bits per heavy atom. The van der Waals surface area contributed by atoms with Crippen molar-refractivity contribution in [3.63, 3.8) is 0 Å². The van der Waals surface area contributed by atoms with Crippen LogP contribution in [-0.4, -0.2) is 44.3 Å². The van der Waals surface area contributed by atoms with Gasteiger partial charge in [0.15, 0.2) is 0 Å². The van der Waals surface area contributed by atoms with Crippen LogP contribution in [0.4, 0.5) is 0 Å². The van der Waals surface area contributed by atoms with Crippen molar-refractivity contribution in [1.29, 1.82) is 0 Å². The average Bonchev–Trinajstić information content (AvgIpc) is 2.70. The largest absolute Gasteiger partial charge is 0.467 e. The molecule has 1 amide bonds. The van der Waals surface area contributed by atoms with Gasteiger partial charge in [0.25, 0.3) is 0 Å². The molecule has 0 spiro atoms. The van der Waals surface area contributed by atoms with Crippen LogP contribution in [0.5, 0.6) is 0 Å².